The summed E-state index contributed by atoms with van der Waals surface area (Å²) in [6.45, 7) is 2.39. The number of ether oxygens (including phenoxy) is 1. The molecule has 3 nitrogen and oxygen atoms in total. The molecule has 0 unspecified atom stereocenters. The number of nitrogens with one attached hydrogen (secondary N) is 1. The van der Waals surface area contributed by atoms with Crippen molar-refractivity contribution in [2.75, 3.05) is 11.9 Å². The van der Waals surface area contributed by atoms with E-state index in [1.807, 2.05) is 43.3 Å². The molecule has 2 rings (SSSR count). The Kier molecular flexibility index (Phi) is 6.28. The van der Waals surface area contributed by atoms with Crippen LogP contribution in [0.4, 0.5) is 5.69 Å². The van der Waals surface area contributed by atoms with Crippen LogP contribution in [0, 0.1) is 6.92 Å². The van der Waals surface area contributed by atoms with Crippen LogP contribution >= 0.6 is 27.5 Å². The molecule has 0 aromatic heterocycles. The van der Waals surface area contributed by atoms with Gasteiger partial charge in [0.2, 0.25) is 5.91 Å². The second-order valence-corrected chi connectivity index (χ2v) is 6.19. The highest BCUT2D eigenvalue weighted by atomic mass is 79.9. The van der Waals surface area contributed by atoms with Gasteiger partial charge in [0.25, 0.3) is 0 Å². The minimum atomic E-state index is -0.0372. The van der Waals surface area contributed by atoms with Crippen molar-refractivity contribution in [3.63, 3.8) is 0 Å². The maximum absolute atomic E-state index is 11.9. The Balaban J connectivity index is 1.74. The summed E-state index contributed by atoms with van der Waals surface area (Å²) in [5, 5.41) is 3.52. The van der Waals surface area contributed by atoms with E-state index in [0.29, 0.717) is 24.5 Å². The summed E-state index contributed by atoms with van der Waals surface area (Å²) in [4.78, 5) is 11.9. The fraction of sp³-hybridized carbons (Fsp3) is 0.235. The van der Waals surface area contributed by atoms with Crippen LogP contribution in [0.15, 0.2) is 46.9 Å². The third-order valence-electron chi connectivity index (χ3n) is 3.17. The van der Waals surface area contributed by atoms with Crippen LogP contribution < -0.4 is 10.1 Å². The first kappa shape index (κ1) is 16.8. The quantitative estimate of drug-likeness (QED) is 0.697. The van der Waals surface area contributed by atoms with E-state index >= 15 is 0 Å². The van der Waals surface area contributed by atoms with Crippen molar-refractivity contribution in [2.24, 2.45) is 0 Å². The monoisotopic (exact) mass is 381 g/mol. The summed E-state index contributed by atoms with van der Waals surface area (Å²) in [6, 6.07) is 13.1. The molecule has 116 valence electrons. The molecule has 0 bridgehead atoms. The summed E-state index contributed by atoms with van der Waals surface area (Å²) >= 11 is 9.40. The first-order valence-corrected chi connectivity index (χ1v) is 8.16. The van der Waals surface area contributed by atoms with Crippen LogP contribution in [0.3, 0.4) is 0 Å². The normalized spacial score (nSPS) is 10.3. The molecule has 0 aliphatic rings. The highest BCUT2D eigenvalue weighted by Crippen LogP contribution is 2.23. The Morgan fingerprint density at radius 1 is 1.23 bits per heavy atom. The summed E-state index contributed by atoms with van der Waals surface area (Å²) < 4.78 is 6.59. The minimum absolute atomic E-state index is 0.0372. The SMILES string of the molecule is Cc1c(Cl)cccc1NC(=O)CCCOc1ccc(Br)cc1. The molecule has 2 aromatic carbocycles. The molecule has 0 aliphatic carbocycles. The van der Waals surface area contributed by atoms with E-state index in [-0.39, 0.29) is 5.91 Å². The van der Waals surface area contributed by atoms with Crippen molar-refractivity contribution in [1.29, 1.82) is 0 Å². The van der Waals surface area contributed by atoms with Crippen LogP contribution in [0.2, 0.25) is 5.02 Å². The molecule has 0 saturated heterocycles. The predicted octanol–water partition coefficient (Wildman–Crippen LogP) is 5.21. The first-order valence-electron chi connectivity index (χ1n) is 6.99. The van der Waals surface area contributed by atoms with Crippen LogP contribution in [0.25, 0.3) is 0 Å². The maximum Gasteiger partial charge on any atom is 0.224 e. The highest BCUT2D eigenvalue weighted by molar-refractivity contribution is 9.10. The zero-order valence-electron chi connectivity index (χ0n) is 12.2. The number of hydrogen-bond donors (Lipinski definition) is 1. The molecule has 0 radical (unpaired) electrons. The number of amides is 1. The fourth-order valence-electron chi connectivity index (χ4n) is 1.91. The lowest BCUT2D eigenvalue weighted by molar-refractivity contribution is -0.116. The Bertz CT molecular complexity index is 644. The lowest BCUT2D eigenvalue weighted by Gasteiger charge is -2.10. The van der Waals surface area contributed by atoms with Crippen molar-refractivity contribution in [2.45, 2.75) is 19.8 Å². The fourth-order valence-corrected chi connectivity index (χ4v) is 2.35. The number of halogens is 2. The number of carbonyl (C=O) groups excluding carboxylic acids is 1. The van der Waals surface area contributed by atoms with Crippen molar-refractivity contribution in [3.05, 3.63) is 57.5 Å². The zero-order chi connectivity index (χ0) is 15.9. The largest absolute Gasteiger partial charge is 0.494 e. The van der Waals surface area contributed by atoms with Gasteiger partial charge >= 0.3 is 0 Å². The number of benzene rings is 2. The van der Waals surface area contributed by atoms with Gasteiger partial charge in [-0.2, -0.15) is 0 Å². The van der Waals surface area contributed by atoms with Gasteiger partial charge in [-0.25, -0.2) is 0 Å². The van der Waals surface area contributed by atoms with Gasteiger partial charge in [-0.3, -0.25) is 4.79 Å². The Labute approximate surface area is 143 Å². The molecule has 0 saturated carbocycles. The van der Waals surface area contributed by atoms with Gasteiger partial charge in [-0.1, -0.05) is 33.6 Å². The summed E-state index contributed by atoms with van der Waals surface area (Å²) in [6.07, 6.45) is 1.06. The molecule has 2 aromatic rings. The van der Waals surface area contributed by atoms with E-state index < -0.39 is 0 Å². The lowest BCUT2D eigenvalue weighted by atomic mass is 10.2. The third kappa shape index (κ3) is 5.04. The zero-order valence-corrected chi connectivity index (χ0v) is 14.6. The summed E-state index contributed by atoms with van der Waals surface area (Å²) in [5.74, 6) is 0.763. The molecule has 0 spiro atoms. The molecular weight excluding hydrogens is 366 g/mol. The third-order valence-corrected chi connectivity index (χ3v) is 4.11. The number of hydrogen-bond acceptors (Lipinski definition) is 2. The average Bonchev–Trinajstić information content (AvgIpc) is 2.50. The smallest absolute Gasteiger partial charge is 0.224 e. The van der Waals surface area contributed by atoms with Crippen molar-refractivity contribution < 1.29 is 9.53 Å². The first-order chi connectivity index (χ1) is 10.6. The second kappa shape index (κ2) is 8.20. The van der Waals surface area contributed by atoms with Crippen LogP contribution in [0.5, 0.6) is 5.75 Å². The molecule has 22 heavy (non-hydrogen) atoms. The predicted molar refractivity (Wildman–Crippen MR) is 93.7 cm³/mol. The van der Waals surface area contributed by atoms with E-state index in [4.69, 9.17) is 16.3 Å². The van der Waals surface area contributed by atoms with Crippen LogP contribution in [-0.4, -0.2) is 12.5 Å². The molecule has 0 heterocycles. The number of anilines is 1. The topological polar surface area (TPSA) is 38.3 Å². The van der Waals surface area contributed by atoms with E-state index in [0.717, 1.165) is 21.5 Å². The average molecular weight is 383 g/mol. The van der Waals surface area contributed by atoms with Gasteiger partial charge in [0.05, 0.1) is 6.61 Å². The van der Waals surface area contributed by atoms with Crippen LogP contribution in [-0.2, 0) is 4.79 Å². The van der Waals surface area contributed by atoms with Gasteiger partial charge in [0, 0.05) is 21.6 Å². The number of carbonyl (C=O) groups is 1. The van der Waals surface area contributed by atoms with Gasteiger partial charge in [0.1, 0.15) is 5.75 Å². The Morgan fingerprint density at radius 3 is 2.68 bits per heavy atom. The van der Waals surface area contributed by atoms with Crippen molar-refractivity contribution >= 4 is 39.1 Å². The summed E-state index contributed by atoms with van der Waals surface area (Å²) in [5.41, 5.74) is 1.63. The molecule has 5 heteroatoms. The van der Waals surface area contributed by atoms with Gasteiger partial charge in [0.15, 0.2) is 0 Å². The van der Waals surface area contributed by atoms with E-state index in [1.54, 1.807) is 6.07 Å². The minimum Gasteiger partial charge on any atom is -0.494 e. The standard InChI is InChI=1S/C17H17BrClNO2/c1-12-15(19)4-2-5-16(12)20-17(21)6-3-11-22-14-9-7-13(18)8-10-14/h2,4-5,7-10H,3,6,11H2,1H3,(H,20,21). The molecular formula is C17H17BrClNO2. The lowest BCUT2D eigenvalue weighted by Crippen LogP contribution is -2.13. The molecule has 1 amide bonds. The van der Waals surface area contributed by atoms with Gasteiger partial charge < -0.3 is 10.1 Å². The van der Waals surface area contributed by atoms with Crippen molar-refractivity contribution in [3.8, 4) is 5.75 Å². The van der Waals surface area contributed by atoms with E-state index in [9.17, 15) is 4.79 Å². The summed E-state index contributed by atoms with van der Waals surface area (Å²) in [7, 11) is 0. The molecule has 0 fully saturated rings. The van der Waals surface area contributed by atoms with Crippen molar-refractivity contribution in [1.82, 2.24) is 0 Å². The van der Waals surface area contributed by atoms with E-state index in [2.05, 4.69) is 21.2 Å². The highest BCUT2D eigenvalue weighted by Gasteiger charge is 2.06. The number of rotatable bonds is 6. The second-order valence-electron chi connectivity index (χ2n) is 4.87. The van der Waals surface area contributed by atoms with Gasteiger partial charge in [-0.15, -0.1) is 0 Å². The molecule has 0 atom stereocenters. The molecule has 1 N–H and O–H groups in total. The van der Waals surface area contributed by atoms with Crippen LogP contribution in [0.1, 0.15) is 18.4 Å². The van der Waals surface area contributed by atoms with E-state index in [1.165, 1.54) is 0 Å². The Morgan fingerprint density at radius 2 is 1.95 bits per heavy atom. The molecule has 0 aliphatic heterocycles. The maximum atomic E-state index is 11.9. The Hall–Kier alpha value is -1.52. The van der Waals surface area contributed by atoms with Gasteiger partial charge in [-0.05, 0) is 55.3 Å².